The Bertz CT molecular complexity index is 281. The molecule has 0 aliphatic heterocycles. The molecule has 0 saturated heterocycles. The molecule has 0 radical (unpaired) electrons. The molecule has 1 aromatic rings. The highest BCUT2D eigenvalue weighted by Gasteiger charge is 1.96. The number of aryl methyl sites for hydroxylation is 1. The van der Waals surface area contributed by atoms with E-state index in [1.54, 1.807) is 0 Å². The highest BCUT2D eigenvalue weighted by molar-refractivity contribution is 4.95. The number of nitrogens with two attached hydrogens (primary N) is 1. The maximum absolute atomic E-state index is 5.52. The van der Waals surface area contributed by atoms with Gasteiger partial charge in [-0.3, -0.25) is 0 Å². The molecule has 1 rings (SSSR count). The predicted molar refractivity (Wildman–Crippen MR) is 72.7 cm³/mol. The number of aromatic nitrogens is 2. The Balaban J connectivity index is 1.93. The first kappa shape index (κ1) is 14.2. The number of unbranched alkanes of at least 4 members (excludes halogenated alkanes) is 7. The molecule has 0 atom stereocenters. The molecule has 1 heterocycles. The third-order valence-corrected chi connectivity index (χ3v) is 3.17. The fourth-order valence-electron chi connectivity index (χ4n) is 2.06. The van der Waals surface area contributed by atoms with Gasteiger partial charge in [0.15, 0.2) is 0 Å². The Hall–Kier alpha value is -0.830. The first-order chi connectivity index (χ1) is 8.36. The zero-order valence-corrected chi connectivity index (χ0v) is 11.2. The van der Waals surface area contributed by atoms with Crippen molar-refractivity contribution in [1.29, 1.82) is 0 Å². The van der Waals surface area contributed by atoms with Gasteiger partial charge in [-0.05, 0) is 6.42 Å². The smallest absolute Gasteiger partial charge is 0.0949 e. The summed E-state index contributed by atoms with van der Waals surface area (Å²) in [6.45, 7) is 3.90. The van der Waals surface area contributed by atoms with Crippen LogP contribution in [-0.4, -0.2) is 9.55 Å². The van der Waals surface area contributed by atoms with Crippen LogP contribution in [0.15, 0.2) is 12.5 Å². The van der Waals surface area contributed by atoms with Crippen LogP contribution < -0.4 is 5.73 Å². The maximum atomic E-state index is 5.52. The summed E-state index contributed by atoms with van der Waals surface area (Å²) in [5, 5.41) is 0. The van der Waals surface area contributed by atoms with Gasteiger partial charge in [0, 0.05) is 19.3 Å². The van der Waals surface area contributed by atoms with Gasteiger partial charge in [-0.25, -0.2) is 4.98 Å². The molecule has 0 fully saturated rings. The average molecular weight is 237 g/mol. The molecule has 1 aromatic heterocycles. The van der Waals surface area contributed by atoms with Gasteiger partial charge < -0.3 is 10.3 Å². The first-order valence-corrected chi connectivity index (χ1v) is 7.07. The van der Waals surface area contributed by atoms with E-state index < -0.39 is 0 Å². The second-order valence-corrected chi connectivity index (χ2v) is 4.78. The predicted octanol–water partition coefficient (Wildman–Crippen LogP) is 3.48. The van der Waals surface area contributed by atoms with E-state index >= 15 is 0 Å². The van der Waals surface area contributed by atoms with Gasteiger partial charge in [-0.2, -0.15) is 0 Å². The lowest BCUT2D eigenvalue weighted by molar-refractivity contribution is 0.543. The summed E-state index contributed by atoms with van der Waals surface area (Å²) in [7, 11) is 0. The molecule has 0 aliphatic carbocycles. The number of rotatable bonds is 10. The topological polar surface area (TPSA) is 43.8 Å². The van der Waals surface area contributed by atoms with E-state index in [0.717, 1.165) is 12.2 Å². The standard InChI is InChI=1S/C14H27N3/c1-2-3-4-5-6-7-8-9-10-17-12-14(11-15)16-13-17/h12-13H,2-11,15H2,1H3. The molecular weight excluding hydrogens is 210 g/mol. The van der Waals surface area contributed by atoms with Crippen molar-refractivity contribution in [3.8, 4) is 0 Å². The second kappa shape index (κ2) is 9.23. The average Bonchev–Trinajstić information content (AvgIpc) is 2.80. The molecular formula is C14H27N3. The highest BCUT2D eigenvalue weighted by atomic mass is 15.0. The highest BCUT2D eigenvalue weighted by Crippen LogP contribution is 2.09. The van der Waals surface area contributed by atoms with Gasteiger partial charge in [0.1, 0.15) is 0 Å². The molecule has 0 unspecified atom stereocenters. The summed E-state index contributed by atoms with van der Waals surface area (Å²) in [6.07, 6.45) is 14.9. The van der Waals surface area contributed by atoms with Gasteiger partial charge in [0.05, 0.1) is 12.0 Å². The van der Waals surface area contributed by atoms with E-state index in [-0.39, 0.29) is 0 Å². The van der Waals surface area contributed by atoms with E-state index in [2.05, 4.69) is 22.7 Å². The van der Waals surface area contributed by atoms with Crippen molar-refractivity contribution in [2.75, 3.05) is 0 Å². The number of imidazole rings is 1. The number of nitrogens with zero attached hydrogens (tertiary/aromatic N) is 2. The molecule has 98 valence electrons. The lowest BCUT2D eigenvalue weighted by Crippen LogP contribution is -1.97. The van der Waals surface area contributed by atoms with Gasteiger partial charge in [-0.15, -0.1) is 0 Å². The largest absolute Gasteiger partial charge is 0.337 e. The van der Waals surface area contributed by atoms with Gasteiger partial charge in [0.2, 0.25) is 0 Å². The zero-order valence-electron chi connectivity index (χ0n) is 11.2. The molecule has 2 N–H and O–H groups in total. The van der Waals surface area contributed by atoms with Crippen LogP contribution in [0.25, 0.3) is 0 Å². The number of hydrogen-bond acceptors (Lipinski definition) is 2. The normalized spacial score (nSPS) is 10.9. The van der Waals surface area contributed by atoms with Crippen LogP contribution in [0.3, 0.4) is 0 Å². The summed E-state index contributed by atoms with van der Waals surface area (Å²) in [5.41, 5.74) is 6.51. The lowest BCUT2D eigenvalue weighted by atomic mass is 10.1. The SMILES string of the molecule is CCCCCCCCCCn1cnc(CN)c1. The van der Waals surface area contributed by atoms with Crippen molar-refractivity contribution >= 4 is 0 Å². The molecule has 0 aliphatic rings. The molecule has 0 bridgehead atoms. The minimum absolute atomic E-state index is 0.546. The Morgan fingerprint density at radius 2 is 1.71 bits per heavy atom. The van der Waals surface area contributed by atoms with Crippen LogP contribution in [0.1, 0.15) is 64.0 Å². The second-order valence-electron chi connectivity index (χ2n) is 4.78. The Morgan fingerprint density at radius 3 is 2.29 bits per heavy atom. The Kier molecular flexibility index (Phi) is 7.72. The van der Waals surface area contributed by atoms with Crippen LogP contribution in [0, 0.1) is 0 Å². The van der Waals surface area contributed by atoms with Crippen molar-refractivity contribution in [2.45, 2.75) is 71.4 Å². The fourth-order valence-corrected chi connectivity index (χ4v) is 2.06. The zero-order chi connectivity index (χ0) is 12.3. The summed E-state index contributed by atoms with van der Waals surface area (Å²) < 4.78 is 2.15. The van der Waals surface area contributed by atoms with Crippen LogP contribution in [0.2, 0.25) is 0 Å². The molecule has 0 aromatic carbocycles. The van der Waals surface area contributed by atoms with E-state index in [1.807, 2.05) is 6.33 Å². The van der Waals surface area contributed by atoms with Crippen molar-refractivity contribution in [2.24, 2.45) is 5.73 Å². The minimum atomic E-state index is 0.546. The molecule has 17 heavy (non-hydrogen) atoms. The fraction of sp³-hybridized carbons (Fsp3) is 0.786. The van der Waals surface area contributed by atoms with Crippen LogP contribution in [0.4, 0.5) is 0 Å². The maximum Gasteiger partial charge on any atom is 0.0949 e. The molecule has 0 spiro atoms. The van der Waals surface area contributed by atoms with Crippen molar-refractivity contribution in [1.82, 2.24) is 9.55 Å². The summed E-state index contributed by atoms with van der Waals surface area (Å²) in [5.74, 6) is 0. The summed E-state index contributed by atoms with van der Waals surface area (Å²) in [4.78, 5) is 4.22. The van der Waals surface area contributed by atoms with Crippen molar-refractivity contribution < 1.29 is 0 Å². The van der Waals surface area contributed by atoms with Crippen LogP contribution in [-0.2, 0) is 13.1 Å². The van der Waals surface area contributed by atoms with E-state index in [1.165, 1.54) is 51.4 Å². The molecule has 3 nitrogen and oxygen atoms in total. The van der Waals surface area contributed by atoms with Gasteiger partial charge >= 0.3 is 0 Å². The van der Waals surface area contributed by atoms with Crippen molar-refractivity contribution in [3.05, 3.63) is 18.2 Å². The Morgan fingerprint density at radius 1 is 1.06 bits per heavy atom. The molecule has 3 heteroatoms. The van der Waals surface area contributed by atoms with Crippen LogP contribution in [0.5, 0.6) is 0 Å². The lowest BCUT2D eigenvalue weighted by Gasteiger charge is -2.02. The monoisotopic (exact) mass is 237 g/mol. The third kappa shape index (κ3) is 6.47. The summed E-state index contributed by atoms with van der Waals surface area (Å²) >= 11 is 0. The molecule has 0 saturated carbocycles. The van der Waals surface area contributed by atoms with Gasteiger partial charge in [-0.1, -0.05) is 51.9 Å². The van der Waals surface area contributed by atoms with Crippen molar-refractivity contribution in [3.63, 3.8) is 0 Å². The van der Waals surface area contributed by atoms with Gasteiger partial charge in [0.25, 0.3) is 0 Å². The van der Waals surface area contributed by atoms with Crippen LogP contribution >= 0.6 is 0 Å². The quantitative estimate of drug-likeness (QED) is 0.633. The Labute approximate surface area is 105 Å². The van der Waals surface area contributed by atoms with E-state index in [4.69, 9.17) is 5.73 Å². The first-order valence-electron chi connectivity index (χ1n) is 7.07. The minimum Gasteiger partial charge on any atom is -0.337 e. The summed E-state index contributed by atoms with van der Waals surface area (Å²) in [6, 6.07) is 0. The number of hydrogen-bond donors (Lipinski definition) is 1. The van der Waals surface area contributed by atoms with E-state index in [0.29, 0.717) is 6.54 Å². The third-order valence-electron chi connectivity index (χ3n) is 3.17. The molecule has 0 amide bonds. The van der Waals surface area contributed by atoms with E-state index in [9.17, 15) is 0 Å².